The Balaban J connectivity index is 1.82. The molecule has 1 aromatic rings. The summed E-state index contributed by atoms with van der Waals surface area (Å²) >= 11 is 3.36. The molecule has 0 atom stereocenters. The van der Waals surface area contributed by atoms with Crippen LogP contribution in [0.5, 0.6) is 0 Å². The normalized spacial score (nSPS) is 21.8. The first-order valence-corrected chi connectivity index (χ1v) is 7.31. The Morgan fingerprint density at radius 2 is 1.74 bits per heavy atom. The fourth-order valence-electron chi connectivity index (χ4n) is 3.31. The molecule has 19 heavy (non-hydrogen) atoms. The van der Waals surface area contributed by atoms with Crippen molar-refractivity contribution in [3.8, 4) is 0 Å². The fourth-order valence-corrected chi connectivity index (χ4v) is 3.80. The Kier molecular flexibility index (Phi) is 3.08. The molecule has 1 heterocycles. The molecule has 1 nitrogen and oxygen atoms in total. The van der Waals surface area contributed by atoms with Gasteiger partial charge in [-0.25, -0.2) is 0 Å². The lowest BCUT2D eigenvalue weighted by molar-refractivity contribution is -0.137. The van der Waals surface area contributed by atoms with Gasteiger partial charge in [-0.05, 0) is 47.0 Å². The van der Waals surface area contributed by atoms with Crippen LogP contribution in [0.15, 0.2) is 22.7 Å². The van der Waals surface area contributed by atoms with E-state index in [4.69, 9.17) is 0 Å². The molecule has 2 aliphatic rings. The van der Waals surface area contributed by atoms with E-state index in [-0.39, 0.29) is 0 Å². The topological polar surface area (TPSA) is 3.24 Å². The van der Waals surface area contributed by atoms with E-state index in [0.29, 0.717) is 11.1 Å². The molecule has 0 radical (unpaired) electrons. The molecule has 0 N–H and O–H groups in total. The van der Waals surface area contributed by atoms with Crippen LogP contribution >= 0.6 is 15.9 Å². The lowest BCUT2D eigenvalue weighted by Crippen LogP contribution is -2.55. The molecule has 1 aromatic carbocycles. The number of hydrogen-bond donors (Lipinski definition) is 0. The molecule has 1 aliphatic heterocycles. The van der Waals surface area contributed by atoms with Crippen LogP contribution < -0.4 is 4.90 Å². The van der Waals surface area contributed by atoms with Gasteiger partial charge < -0.3 is 4.90 Å². The monoisotopic (exact) mass is 333 g/mol. The van der Waals surface area contributed by atoms with Gasteiger partial charge in [-0.3, -0.25) is 0 Å². The van der Waals surface area contributed by atoms with Crippen molar-refractivity contribution in [1.29, 1.82) is 0 Å². The second kappa shape index (κ2) is 4.40. The Morgan fingerprint density at radius 1 is 1.11 bits per heavy atom. The Labute approximate surface area is 118 Å². The zero-order chi connectivity index (χ0) is 13.7. The summed E-state index contributed by atoms with van der Waals surface area (Å²) in [6.07, 6.45) is 0.695. The summed E-state index contributed by atoms with van der Waals surface area (Å²) in [7, 11) is 0. The van der Waals surface area contributed by atoms with Crippen LogP contribution in [0.1, 0.15) is 31.2 Å². The van der Waals surface area contributed by atoms with Crippen LogP contribution in [0.25, 0.3) is 0 Å². The van der Waals surface area contributed by atoms with E-state index in [1.165, 1.54) is 37.8 Å². The SMILES string of the molecule is FC(F)(F)c1ccc(Br)c(N2CC3(CCCC3)C2)c1. The van der Waals surface area contributed by atoms with E-state index < -0.39 is 11.7 Å². The summed E-state index contributed by atoms with van der Waals surface area (Å²) in [4.78, 5) is 2.06. The predicted molar refractivity (Wildman–Crippen MR) is 72.3 cm³/mol. The van der Waals surface area contributed by atoms with E-state index in [2.05, 4.69) is 20.8 Å². The first-order valence-electron chi connectivity index (χ1n) is 6.51. The largest absolute Gasteiger partial charge is 0.416 e. The van der Waals surface area contributed by atoms with Gasteiger partial charge in [-0.2, -0.15) is 13.2 Å². The summed E-state index contributed by atoms with van der Waals surface area (Å²) < 4.78 is 39.0. The highest BCUT2D eigenvalue weighted by molar-refractivity contribution is 9.10. The number of hydrogen-bond acceptors (Lipinski definition) is 1. The average molecular weight is 334 g/mol. The first kappa shape index (κ1) is 13.3. The van der Waals surface area contributed by atoms with E-state index in [1.807, 2.05) is 0 Å². The van der Waals surface area contributed by atoms with Crippen molar-refractivity contribution in [2.45, 2.75) is 31.9 Å². The van der Waals surface area contributed by atoms with Crippen molar-refractivity contribution >= 4 is 21.6 Å². The minimum absolute atomic E-state index is 0.383. The van der Waals surface area contributed by atoms with Gasteiger partial charge in [0.15, 0.2) is 0 Å². The molecule has 0 unspecified atom stereocenters. The number of anilines is 1. The Morgan fingerprint density at radius 3 is 2.32 bits per heavy atom. The maximum atomic E-state index is 12.7. The Hall–Kier alpha value is -0.710. The van der Waals surface area contributed by atoms with Crippen molar-refractivity contribution in [1.82, 2.24) is 0 Å². The minimum atomic E-state index is -4.27. The van der Waals surface area contributed by atoms with Crippen molar-refractivity contribution in [3.63, 3.8) is 0 Å². The molecule has 1 saturated carbocycles. The van der Waals surface area contributed by atoms with Crippen LogP contribution in [0.4, 0.5) is 18.9 Å². The molecule has 5 heteroatoms. The number of halogens is 4. The summed E-state index contributed by atoms with van der Waals surface area (Å²) in [5, 5.41) is 0. The van der Waals surface area contributed by atoms with Crippen LogP contribution in [-0.4, -0.2) is 13.1 Å². The highest BCUT2D eigenvalue weighted by Crippen LogP contribution is 2.48. The van der Waals surface area contributed by atoms with Crippen LogP contribution in [0.3, 0.4) is 0 Å². The zero-order valence-corrected chi connectivity index (χ0v) is 12.0. The van der Waals surface area contributed by atoms with Gasteiger partial charge in [0.25, 0.3) is 0 Å². The molecule has 1 spiro atoms. The van der Waals surface area contributed by atoms with Gasteiger partial charge in [-0.1, -0.05) is 12.8 Å². The minimum Gasteiger partial charge on any atom is -0.369 e. The second-order valence-corrected chi connectivity index (χ2v) is 6.58. The number of benzene rings is 1. The summed E-state index contributed by atoms with van der Waals surface area (Å²) in [6.45, 7) is 1.79. The molecule has 104 valence electrons. The zero-order valence-electron chi connectivity index (χ0n) is 10.4. The molecule has 0 aromatic heterocycles. The van der Waals surface area contributed by atoms with Crippen LogP contribution in [-0.2, 0) is 6.18 Å². The first-order chi connectivity index (χ1) is 8.90. The molecule has 2 fully saturated rings. The fraction of sp³-hybridized carbons (Fsp3) is 0.571. The molecule has 0 amide bonds. The number of nitrogens with zero attached hydrogens (tertiary/aromatic N) is 1. The Bertz CT molecular complexity index is 484. The molecular weight excluding hydrogens is 319 g/mol. The van der Waals surface area contributed by atoms with Crippen LogP contribution in [0.2, 0.25) is 0 Å². The lowest BCUT2D eigenvalue weighted by atomic mass is 9.78. The van der Waals surface area contributed by atoms with Crippen molar-refractivity contribution in [2.75, 3.05) is 18.0 Å². The maximum absolute atomic E-state index is 12.7. The third kappa shape index (κ3) is 2.37. The van der Waals surface area contributed by atoms with Gasteiger partial charge in [0.05, 0.1) is 11.3 Å². The highest BCUT2D eigenvalue weighted by atomic mass is 79.9. The molecule has 3 rings (SSSR count). The van der Waals surface area contributed by atoms with Crippen molar-refractivity contribution in [3.05, 3.63) is 28.2 Å². The molecule has 0 bridgehead atoms. The summed E-state index contributed by atoms with van der Waals surface area (Å²) in [6, 6.07) is 3.88. The predicted octanol–water partition coefficient (Wildman–Crippen LogP) is 4.85. The van der Waals surface area contributed by atoms with Crippen LogP contribution in [0, 0.1) is 5.41 Å². The second-order valence-electron chi connectivity index (χ2n) is 5.73. The quantitative estimate of drug-likeness (QED) is 0.710. The molecule has 1 saturated heterocycles. The molecular formula is C14H15BrF3N. The summed E-state index contributed by atoms with van der Waals surface area (Å²) in [5.41, 5.74) is 0.485. The van der Waals surface area contributed by atoms with Gasteiger partial charge >= 0.3 is 6.18 Å². The molecule has 1 aliphatic carbocycles. The number of alkyl halides is 3. The third-order valence-corrected chi connectivity index (χ3v) is 5.00. The van der Waals surface area contributed by atoms with Crippen molar-refractivity contribution in [2.24, 2.45) is 5.41 Å². The summed E-state index contributed by atoms with van der Waals surface area (Å²) in [5.74, 6) is 0. The smallest absolute Gasteiger partial charge is 0.369 e. The van der Waals surface area contributed by atoms with Gasteiger partial charge in [0, 0.05) is 23.0 Å². The van der Waals surface area contributed by atoms with Gasteiger partial charge in [-0.15, -0.1) is 0 Å². The van der Waals surface area contributed by atoms with Gasteiger partial charge in [0.2, 0.25) is 0 Å². The maximum Gasteiger partial charge on any atom is 0.416 e. The van der Waals surface area contributed by atoms with E-state index in [1.54, 1.807) is 0 Å². The van der Waals surface area contributed by atoms with Gasteiger partial charge in [0.1, 0.15) is 0 Å². The number of rotatable bonds is 1. The van der Waals surface area contributed by atoms with E-state index in [0.717, 1.165) is 23.6 Å². The highest BCUT2D eigenvalue weighted by Gasteiger charge is 2.45. The van der Waals surface area contributed by atoms with Crippen molar-refractivity contribution < 1.29 is 13.2 Å². The standard InChI is InChI=1S/C14H15BrF3N/c15-11-4-3-10(14(16,17)18)7-12(11)19-8-13(9-19)5-1-2-6-13/h3-4,7H,1-2,5-6,8-9H2. The van der Waals surface area contributed by atoms with E-state index in [9.17, 15) is 13.2 Å². The lowest BCUT2D eigenvalue weighted by Gasteiger charge is -2.50. The third-order valence-electron chi connectivity index (χ3n) is 4.33. The van der Waals surface area contributed by atoms with E-state index >= 15 is 0 Å². The average Bonchev–Trinajstić information content (AvgIpc) is 2.75.